The Labute approximate surface area is 104 Å². The number of hydrogen-bond donors (Lipinski definition) is 1. The van der Waals surface area contributed by atoms with E-state index in [0.717, 1.165) is 5.82 Å². The van der Waals surface area contributed by atoms with E-state index in [1.807, 2.05) is 0 Å². The average molecular weight is 267 g/mol. The lowest BCUT2D eigenvalue weighted by molar-refractivity contribution is 0.470. The van der Waals surface area contributed by atoms with Crippen LogP contribution in [0.2, 0.25) is 0 Å². The molecule has 7 heteroatoms. The molecule has 3 heterocycles. The maximum absolute atomic E-state index is 11.4. The Morgan fingerprint density at radius 1 is 1.22 bits per heavy atom. The fourth-order valence-corrected chi connectivity index (χ4v) is 3.82. The van der Waals surface area contributed by atoms with Crippen molar-refractivity contribution in [2.24, 2.45) is 0 Å². The lowest BCUT2D eigenvalue weighted by Gasteiger charge is -2.20. The first-order valence-electron chi connectivity index (χ1n) is 5.79. The van der Waals surface area contributed by atoms with Crippen LogP contribution in [-0.2, 0) is 9.84 Å². The number of aromatic hydroxyl groups is 1. The zero-order chi connectivity index (χ0) is 12.8. The van der Waals surface area contributed by atoms with E-state index in [1.165, 1.54) is 0 Å². The van der Waals surface area contributed by atoms with Gasteiger partial charge in [0.25, 0.3) is 0 Å². The normalized spacial score (nSPS) is 20.2. The summed E-state index contributed by atoms with van der Waals surface area (Å²) < 4.78 is 24.5. The minimum Gasteiger partial charge on any atom is -0.506 e. The highest BCUT2D eigenvalue weighted by atomic mass is 32.2. The fraction of sp³-hybridized carbons (Fsp3) is 0.455. The van der Waals surface area contributed by atoms with Crippen molar-refractivity contribution in [1.82, 2.24) is 14.6 Å². The molecule has 0 unspecified atom stereocenters. The number of nitrogens with zero attached hydrogens (tertiary/aromatic N) is 3. The summed E-state index contributed by atoms with van der Waals surface area (Å²) in [6.07, 6.45) is 2.70. The second kappa shape index (κ2) is 3.94. The number of aromatic nitrogens is 3. The highest BCUT2D eigenvalue weighted by molar-refractivity contribution is 7.91. The average Bonchev–Trinajstić information content (AvgIpc) is 2.72. The van der Waals surface area contributed by atoms with Gasteiger partial charge in [-0.2, -0.15) is 0 Å². The second-order valence-corrected chi connectivity index (χ2v) is 6.90. The summed E-state index contributed by atoms with van der Waals surface area (Å²) in [6.45, 7) is 0. The summed E-state index contributed by atoms with van der Waals surface area (Å²) in [5, 5.41) is 17.6. The van der Waals surface area contributed by atoms with Crippen LogP contribution in [0.1, 0.15) is 24.6 Å². The highest BCUT2D eigenvalue weighted by Gasteiger charge is 2.27. The van der Waals surface area contributed by atoms with Gasteiger partial charge in [-0.15, -0.1) is 10.2 Å². The molecule has 3 rings (SSSR count). The van der Waals surface area contributed by atoms with Crippen molar-refractivity contribution < 1.29 is 13.5 Å². The third-order valence-electron chi connectivity index (χ3n) is 3.33. The molecule has 0 spiro atoms. The van der Waals surface area contributed by atoms with E-state index < -0.39 is 9.84 Å². The molecule has 1 fully saturated rings. The minimum absolute atomic E-state index is 0.0883. The second-order valence-electron chi connectivity index (χ2n) is 4.60. The van der Waals surface area contributed by atoms with E-state index in [4.69, 9.17) is 0 Å². The first-order valence-corrected chi connectivity index (χ1v) is 7.61. The standard InChI is InChI=1S/C11H13N3O3S/c15-9-1-2-10-12-13-11(14(10)7-9)8-3-5-18(16,17)6-4-8/h1-2,7-8,15H,3-6H2. The maximum Gasteiger partial charge on any atom is 0.161 e. The summed E-state index contributed by atoms with van der Waals surface area (Å²) in [6, 6.07) is 3.24. The highest BCUT2D eigenvalue weighted by Crippen LogP contribution is 2.28. The van der Waals surface area contributed by atoms with Crippen LogP contribution in [0.3, 0.4) is 0 Å². The Bertz CT molecular complexity index is 679. The van der Waals surface area contributed by atoms with Crippen LogP contribution in [0.4, 0.5) is 0 Å². The van der Waals surface area contributed by atoms with Crippen molar-refractivity contribution in [2.45, 2.75) is 18.8 Å². The predicted molar refractivity (Wildman–Crippen MR) is 65.3 cm³/mol. The number of hydrogen-bond acceptors (Lipinski definition) is 5. The summed E-state index contributed by atoms with van der Waals surface area (Å²) in [5.74, 6) is 1.37. The van der Waals surface area contributed by atoms with Crippen LogP contribution in [0.15, 0.2) is 18.3 Å². The number of fused-ring (bicyclic) bond motifs is 1. The van der Waals surface area contributed by atoms with E-state index in [2.05, 4.69) is 10.2 Å². The third kappa shape index (κ3) is 1.94. The Kier molecular flexibility index (Phi) is 2.51. The summed E-state index contributed by atoms with van der Waals surface area (Å²) in [7, 11) is -2.88. The van der Waals surface area contributed by atoms with E-state index in [1.54, 1.807) is 22.7 Å². The Morgan fingerprint density at radius 2 is 1.94 bits per heavy atom. The molecule has 18 heavy (non-hydrogen) atoms. The van der Waals surface area contributed by atoms with Crippen molar-refractivity contribution in [3.8, 4) is 5.75 Å². The number of rotatable bonds is 1. The summed E-state index contributed by atoms with van der Waals surface area (Å²) >= 11 is 0. The van der Waals surface area contributed by atoms with Gasteiger partial charge in [0.1, 0.15) is 21.4 Å². The van der Waals surface area contributed by atoms with Gasteiger partial charge in [0.05, 0.1) is 17.7 Å². The minimum atomic E-state index is -2.88. The molecule has 0 aromatic carbocycles. The van der Waals surface area contributed by atoms with Crippen molar-refractivity contribution in [3.63, 3.8) is 0 Å². The quantitative estimate of drug-likeness (QED) is 0.823. The molecule has 0 amide bonds. The topological polar surface area (TPSA) is 84.6 Å². The lowest BCUT2D eigenvalue weighted by Crippen LogP contribution is -2.23. The van der Waals surface area contributed by atoms with Gasteiger partial charge >= 0.3 is 0 Å². The van der Waals surface area contributed by atoms with Gasteiger partial charge in [-0.05, 0) is 25.0 Å². The molecule has 1 N–H and O–H groups in total. The lowest BCUT2D eigenvalue weighted by atomic mass is 10.0. The molecule has 0 atom stereocenters. The third-order valence-corrected chi connectivity index (χ3v) is 5.05. The van der Waals surface area contributed by atoms with Crippen molar-refractivity contribution in [2.75, 3.05) is 11.5 Å². The Hall–Kier alpha value is -1.63. The van der Waals surface area contributed by atoms with Gasteiger partial charge in [-0.1, -0.05) is 0 Å². The zero-order valence-corrected chi connectivity index (χ0v) is 10.5. The zero-order valence-electron chi connectivity index (χ0n) is 9.65. The smallest absolute Gasteiger partial charge is 0.161 e. The van der Waals surface area contributed by atoms with Crippen molar-refractivity contribution >= 4 is 15.5 Å². The molecular formula is C11H13N3O3S. The maximum atomic E-state index is 11.4. The van der Waals surface area contributed by atoms with Gasteiger partial charge in [0.15, 0.2) is 5.65 Å². The molecule has 2 aromatic rings. The number of sulfone groups is 1. The van der Waals surface area contributed by atoms with E-state index >= 15 is 0 Å². The monoisotopic (exact) mass is 267 g/mol. The molecule has 2 aromatic heterocycles. The van der Waals surface area contributed by atoms with Crippen LogP contribution in [0.5, 0.6) is 5.75 Å². The van der Waals surface area contributed by atoms with Crippen molar-refractivity contribution in [1.29, 1.82) is 0 Å². The first-order chi connectivity index (χ1) is 8.55. The molecular weight excluding hydrogens is 254 g/mol. The molecule has 0 aliphatic carbocycles. The molecule has 0 radical (unpaired) electrons. The molecule has 1 aliphatic rings. The molecule has 6 nitrogen and oxygen atoms in total. The van der Waals surface area contributed by atoms with Gasteiger partial charge in [-0.3, -0.25) is 4.40 Å². The number of pyridine rings is 1. The van der Waals surface area contributed by atoms with Gasteiger partial charge < -0.3 is 5.11 Å². The van der Waals surface area contributed by atoms with Gasteiger partial charge in [-0.25, -0.2) is 8.42 Å². The van der Waals surface area contributed by atoms with E-state index in [-0.39, 0.29) is 23.2 Å². The van der Waals surface area contributed by atoms with Crippen LogP contribution in [0.25, 0.3) is 5.65 Å². The van der Waals surface area contributed by atoms with Crippen LogP contribution in [0, 0.1) is 0 Å². The summed E-state index contributed by atoms with van der Waals surface area (Å²) in [4.78, 5) is 0. The largest absolute Gasteiger partial charge is 0.506 e. The fourth-order valence-electron chi connectivity index (χ4n) is 2.32. The van der Waals surface area contributed by atoms with Crippen LogP contribution < -0.4 is 0 Å². The van der Waals surface area contributed by atoms with Crippen molar-refractivity contribution in [3.05, 3.63) is 24.2 Å². The van der Waals surface area contributed by atoms with E-state index in [9.17, 15) is 13.5 Å². The van der Waals surface area contributed by atoms with Crippen LogP contribution >= 0.6 is 0 Å². The van der Waals surface area contributed by atoms with Gasteiger partial charge in [0, 0.05) is 5.92 Å². The predicted octanol–water partition coefficient (Wildman–Crippen LogP) is 0.727. The Balaban J connectivity index is 1.98. The molecule has 0 saturated carbocycles. The molecule has 0 bridgehead atoms. The summed E-state index contributed by atoms with van der Waals surface area (Å²) in [5.41, 5.74) is 0.663. The SMILES string of the molecule is O=S1(=O)CCC(c2nnc3ccc(O)cn23)CC1. The van der Waals surface area contributed by atoms with E-state index in [0.29, 0.717) is 18.5 Å². The Morgan fingerprint density at radius 3 is 2.67 bits per heavy atom. The van der Waals surface area contributed by atoms with Crippen LogP contribution in [-0.4, -0.2) is 39.6 Å². The first kappa shape index (κ1) is 11.5. The molecule has 1 aliphatic heterocycles. The molecule has 96 valence electrons. The molecule has 1 saturated heterocycles. The van der Waals surface area contributed by atoms with Gasteiger partial charge in [0.2, 0.25) is 0 Å².